The molecular formula is C21H26N2O2S. The number of rotatable bonds is 3. The maximum Gasteiger partial charge on any atom is 0.161 e. The molecule has 1 fully saturated rings. The fraction of sp³-hybridized carbons (Fsp3) is 0.429. The summed E-state index contributed by atoms with van der Waals surface area (Å²) in [7, 11) is 5.63. The first-order chi connectivity index (χ1) is 12.7. The molecule has 2 aromatic rings. The van der Waals surface area contributed by atoms with Crippen LogP contribution in [0.2, 0.25) is 0 Å². The molecule has 2 aliphatic rings. The van der Waals surface area contributed by atoms with Gasteiger partial charge in [-0.15, -0.1) is 0 Å². The largest absolute Gasteiger partial charge is 0.493 e. The molecular weight excluding hydrogens is 344 g/mol. The fourth-order valence-corrected chi connectivity index (χ4v) is 5.04. The molecule has 4 nitrogen and oxygen atoms in total. The molecule has 1 atom stereocenters. The van der Waals surface area contributed by atoms with Gasteiger partial charge >= 0.3 is 0 Å². The first-order valence-electron chi connectivity index (χ1n) is 9.14. The normalized spacial score (nSPS) is 20.8. The molecule has 0 aromatic heterocycles. The smallest absolute Gasteiger partial charge is 0.161 e. The molecule has 2 aliphatic heterocycles. The van der Waals surface area contributed by atoms with Crippen molar-refractivity contribution in [2.75, 3.05) is 47.4 Å². The molecule has 26 heavy (non-hydrogen) atoms. The average Bonchev–Trinajstić information content (AvgIpc) is 2.83. The number of likely N-dealkylation sites (N-methyl/N-ethyl adjacent to an activating group) is 1. The third kappa shape index (κ3) is 3.31. The molecule has 0 aliphatic carbocycles. The zero-order valence-corrected chi connectivity index (χ0v) is 16.5. The van der Waals surface area contributed by atoms with Crippen LogP contribution in [0.25, 0.3) is 0 Å². The minimum Gasteiger partial charge on any atom is -0.493 e. The summed E-state index contributed by atoms with van der Waals surface area (Å²) >= 11 is 1.85. The molecule has 1 saturated heterocycles. The number of piperazine rings is 1. The van der Waals surface area contributed by atoms with Crippen LogP contribution in [0.3, 0.4) is 0 Å². The van der Waals surface area contributed by atoms with E-state index in [4.69, 9.17) is 9.47 Å². The molecule has 0 bridgehead atoms. The lowest BCUT2D eigenvalue weighted by molar-refractivity contribution is 0.109. The second-order valence-corrected chi connectivity index (χ2v) is 8.10. The van der Waals surface area contributed by atoms with Gasteiger partial charge in [-0.2, -0.15) is 0 Å². The van der Waals surface area contributed by atoms with Crippen molar-refractivity contribution in [1.82, 2.24) is 9.80 Å². The van der Waals surface area contributed by atoms with Crippen molar-refractivity contribution in [2.24, 2.45) is 0 Å². The Hall–Kier alpha value is -1.69. The molecule has 5 heteroatoms. The summed E-state index contributed by atoms with van der Waals surface area (Å²) < 4.78 is 11.2. The Morgan fingerprint density at radius 2 is 1.62 bits per heavy atom. The lowest BCUT2D eigenvalue weighted by atomic mass is 9.96. The van der Waals surface area contributed by atoms with E-state index in [1.54, 1.807) is 14.2 Å². The van der Waals surface area contributed by atoms with E-state index >= 15 is 0 Å². The summed E-state index contributed by atoms with van der Waals surface area (Å²) in [5.41, 5.74) is 2.78. The van der Waals surface area contributed by atoms with E-state index in [0.717, 1.165) is 44.1 Å². The second-order valence-electron chi connectivity index (χ2n) is 7.01. The van der Waals surface area contributed by atoms with Gasteiger partial charge in [0, 0.05) is 42.0 Å². The van der Waals surface area contributed by atoms with Gasteiger partial charge in [-0.3, -0.25) is 4.90 Å². The Labute approximate surface area is 160 Å². The lowest BCUT2D eigenvalue weighted by Crippen LogP contribution is -2.46. The van der Waals surface area contributed by atoms with E-state index in [1.807, 2.05) is 11.8 Å². The molecule has 2 heterocycles. The number of hydrogen-bond donors (Lipinski definition) is 0. The van der Waals surface area contributed by atoms with Crippen LogP contribution in [-0.4, -0.2) is 57.2 Å². The molecule has 0 unspecified atom stereocenters. The molecule has 4 rings (SSSR count). The third-order valence-corrected chi connectivity index (χ3v) is 6.65. The van der Waals surface area contributed by atoms with Crippen molar-refractivity contribution in [3.8, 4) is 11.5 Å². The highest BCUT2D eigenvalue weighted by atomic mass is 32.2. The molecule has 0 spiro atoms. The van der Waals surface area contributed by atoms with Gasteiger partial charge in [0.2, 0.25) is 0 Å². The van der Waals surface area contributed by atoms with E-state index in [0.29, 0.717) is 6.04 Å². The van der Waals surface area contributed by atoms with Crippen LogP contribution in [-0.2, 0) is 6.42 Å². The standard InChI is InChI=1S/C21H26N2O2S/c1-22-8-10-23(11-9-22)17-12-15-6-4-5-7-20(15)26-21-14-19(25-3)18(24-2)13-16(17)21/h4-7,13-14,17H,8-12H2,1-3H3/t17-/m1/s1. The fourth-order valence-electron chi connectivity index (χ4n) is 3.89. The Kier molecular flexibility index (Phi) is 5.11. The quantitative estimate of drug-likeness (QED) is 0.820. The Balaban J connectivity index is 1.80. The summed E-state index contributed by atoms with van der Waals surface area (Å²) in [6.45, 7) is 4.44. The van der Waals surface area contributed by atoms with Crippen LogP contribution in [0.5, 0.6) is 11.5 Å². The average molecular weight is 371 g/mol. The van der Waals surface area contributed by atoms with Crippen molar-refractivity contribution in [3.63, 3.8) is 0 Å². The van der Waals surface area contributed by atoms with Crippen molar-refractivity contribution in [3.05, 3.63) is 47.5 Å². The minimum atomic E-state index is 0.370. The van der Waals surface area contributed by atoms with E-state index in [2.05, 4.69) is 53.2 Å². The topological polar surface area (TPSA) is 24.9 Å². The van der Waals surface area contributed by atoms with Gasteiger partial charge in [0.05, 0.1) is 14.2 Å². The van der Waals surface area contributed by atoms with Crippen molar-refractivity contribution < 1.29 is 9.47 Å². The highest BCUT2D eigenvalue weighted by Gasteiger charge is 2.30. The van der Waals surface area contributed by atoms with Gasteiger partial charge in [0.25, 0.3) is 0 Å². The molecule has 0 amide bonds. The van der Waals surface area contributed by atoms with Gasteiger partial charge in [-0.05, 0) is 42.8 Å². The molecule has 138 valence electrons. The van der Waals surface area contributed by atoms with Crippen molar-refractivity contribution in [1.29, 1.82) is 0 Å². The number of ether oxygens (including phenoxy) is 2. The Morgan fingerprint density at radius 3 is 2.35 bits per heavy atom. The van der Waals surface area contributed by atoms with E-state index in [9.17, 15) is 0 Å². The zero-order valence-electron chi connectivity index (χ0n) is 15.7. The van der Waals surface area contributed by atoms with E-state index < -0.39 is 0 Å². The molecule has 0 saturated carbocycles. The molecule has 2 aromatic carbocycles. The second kappa shape index (κ2) is 7.51. The maximum absolute atomic E-state index is 5.61. The van der Waals surface area contributed by atoms with Gasteiger partial charge in [-0.1, -0.05) is 30.0 Å². The summed E-state index contributed by atoms with van der Waals surface area (Å²) in [5.74, 6) is 1.62. The van der Waals surface area contributed by atoms with Crippen LogP contribution >= 0.6 is 11.8 Å². The summed E-state index contributed by atoms with van der Waals surface area (Å²) in [6, 6.07) is 13.5. The number of methoxy groups -OCH3 is 2. The number of benzene rings is 2. The monoisotopic (exact) mass is 370 g/mol. The van der Waals surface area contributed by atoms with Gasteiger partial charge in [0.1, 0.15) is 0 Å². The Morgan fingerprint density at radius 1 is 0.923 bits per heavy atom. The predicted octanol–water partition coefficient (Wildman–Crippen LogP) is 3.70. The molecule has 0 N–H and O–H groups in total. The highest BCUT2D eigenvalue weighted by Crippen LogP contribution is 2.46. The number of hydrogen-bond acceptors (Lipinski definition) is 5. The van der Waals surface area contributed by atoms with Crippen LogP contribution in [0, 0.1) is 0 Å². The van der Waals surface area contributed by atoms with Crippen LogP contribution in [0.4, 0.5) is 0 Å². The predicted molar refractivity (Wildman–Crippen MR) is 106 cm³/mol. The van der Waals surface area contributed by atoms with Crippen LogP contribution in [0.15, 0.2) is 46.2 Å². The van der Waals surface area contributed by atoms with E-state index in [-0.39, 0.29) is 0 Å². The molecule has 0 radical (unpaired) electrons. The highest BCUT2D eigenvalue weighted by molar-refractivity contribution is 7.99. The van der Waals surface area contributed by atoms with E-state index in [1.165, 1.54) is 20.9 Å². The lowest BCUT2D eigenvalue weighted by Gasteiger charge is -2.38. The van der Waals surface area contributed by atoms with Gasteiger partial charge < -0.3 is 14.4 Å². The van der Waals surface area contributed by atoms with Gasteiger partial charge in [0.15, 0.2) is 11.5 Å². The summed E-state index contributed by atoms with van der Waals surface area (Å²) in [6.07, 6.45) is 1.04. The maximum atomic E-state index is 5.61. The van der Waals surface area contributed by atoms with Crippen LogP contribution < -0.4 is 9.47 Å². The number of fused-ring (bicyclic) bond motifs is 2. The SMILES string of the molecule is COc1cc2c(cc1OC)[C@H](N1CCN(C)CC1)Cc1ccccc1S2. The summed E-state index contributed by atoms with van der Waals surface area (Å²) in [5, 5.41) is 0. The first kappa shape index (κ1) is 17.7. The number of nitrogens with zero attached hydrogens (tertiary/aromatic N) is 2. The van der Waals surface area contributed by atoms with Gasteiger partial charge in [-0.25, -0.2) is 0 Å². The first-order valence-corrected chi connectivity index (χ1v) is 9.95. The third-order valence-electron chi connectivity index (χ3n) is 5.46. The Bertz CT molecular complexity index is 788. The van der Waals surface area contributed by atoms with Crippen molar-refractivity contribution >= 4 is 11.8 Å². The minimum absolute atomic E-state index is 0.370. The van der Waals surface area contributed by atoms with Crippen molar-refractivity contribution in [2.45, 2.75) is 22.3 Å². The zero-order chi connectivity index (χ0) is 18.1. The van der Waals surface area contributed by atoms with Crippen LogP contribution in [0.1, 0.15) is 17.2 Å². The summed E-state index contributed by atoms with van der Waals surface area (Å²) in [4.78, 5) is 7.66.